The van der Waals surface area contributed by atoms with Gasteiger partial charge < -0.3 is 9.55 Å². The van der Waals surface area contributed by atoms with E-state index in [-0.39, 0.29) is 0 Å². The molecule has 4 aromatic rings. The Morgan fingerprint density at radius 2 is 1.65 bits per heavy atom. The van der Waals surface area contributed by atoms with Crippen LogP contribution < -0.4 is 0 Å². The third kappa shape index (κ3) is 3.67. The normalized spacial score (nSPS) is 26.6. The maximum atomic E-state index is 9.97. The number of fused-ring (bicyclic) bond motifs is 1. The first-order chi connectivity index (χ1) is 17.9. The molecule has 8 rings (SSSR count). The van der Waals surface area contributed by atoms with Crippen LogP contribution in [0, 0.1) is 49.9 Å². The molecule has 4 nitrogen and oxygen atoms in total. The van der Waals surface area contributed by atoms with Crippen molar-refractivity contribution in [1.29, 1.82) is 5.26 Å². The zero-order valence-corrected chi connectivity index (χ0v) is 22.0. The van der Waals surface area contributed by atoms with Gasteiger partial charge in [-0.15, -0.1) is 0 Å². The molecular weight excluding hydrogens is 452 g/mol. The maximum Gasteiger partial charge on any atom is 0.149 e. The highest BCUT2D eigenvalue weighted by molar-refractivity contribution is 5.91. The van der Waals surface area contributed by atoms with Crippen LogP contribution in [0.5, 0.6) is 0 Å². The molecule has 4 bridgehead atoms. The van der Waals surface area contributed by atoms with Crippen molar-refractivity contribution in [2.75, 3.05) is 0 Å². The fourth-order valence-electron chi connectivity index (χ4n) is 8.32. The smallest absolute Gasteiger partial charge is 0.149 e. The van der Waals surface area contributed by atoms with Crippen LogP contribution in [-0.4, -0.2) is 14.5 Å². The molecule has 186 valence electrons. The molecule has 4 aliphatic rings. The van der Waals surface area contributed by atoms with Gasteiger partial charge in [-0.25, -0.2) is 4.98 Å². The molecule has 0 unspecified atom stereocenters. The number of imidazole rings is 1. The van der Waals surface area contributed by atoms with Gasteiger partial charge >= 0.3 is 0 Å². The number of aromatic amines is 1. The van der Waals surface area contributed by atoms with Crippen molar-refractivity contribution in [3.63, 3.8) is 0 Å². The number of nitrogens with zero attached hydrogens (tertiary/aromatic N) is 3. The molecule has 2 heterocycles. The molecule has 0 radical (unpaired) electrons. The molecule has 0 spiro atoms. The number of nitrogens with one attached hydrogen (secondary N) is 1. The highest BCUT2D eigenvalue weighted by Crippen LogP contribution is 2.60. The lowest BCUT2D eigenvalue weighted by Gasteiger charge is -2.57. The second kappa shape index (κ2) is 8.21. The minimum absolute atomic E-state index is 0.425. The van der Waals surface area contributed by atoms with Gasteiger partial charge in [0, 0.05) is 17.1 Å². The zero-order valence-electron chi connectivity index (χ0n) is 22.0. The highest BCUT2D eigenvalue weighted by atomic mass is 15.0. The summed E-state index contributed by atoms with van der Waals surface area (Å²) in [5, 5.41) is 9.97. The standard InChI is InChI=1S/C33H34N4/c1-20-4-9-30-31(10-20)36-32(35-30)27(19-34)15-26-11-21(2)37(22(26)3)29-7-5-28(6-8-29)33-16-23-12-24(17-33)14-25(13-23)18-33/h4-11,15,23-25H,12-14,16-18H2,1-3H3,(H,35,36)/b27-15-. The Kier molecular flexibility index (Phi) is 5.02. The van der Waals surface area contributed by atoms with Crippen molar-refractivity contribution in [2.45, 2.75) is 64.7 Å². The molecule has 4 heteroatoms. The number of aromatic nitrogens is 3. The molecule has 1 N–H and O–H groups in total. The summed E-state index contributed by atoms with van der Waals surface area (Å²) < 4.78 is 2.31. The van der Waals surface area contributed by atoms with Gasteiger partial charge in [-0.3, -0.25) is 0 Å². The van der Waals surface area contributed by atoms with Crippen molar-refractivity contribution >= 4 is 22.7 Å². The maximum absolute atomic E-state index is 9.97. The molecule has 37 heavy (non-hydrogen) atoms. The number of hydrogen-bond acceptors (Lipinski definition) is 2. The third-order valence-electron chi connectivity index (χ3n) is 9.56. The first-order valence-electron chi connectivity index (χ1n) is 13.8. The van der Waals surface area contributed by atoms with E-state index in [1.807, 2.05) is 18.2 Å². The Labute approximate surface area is 219 Å². The topological polar surface area (TPSA) is 57.4 Å². The van der Waals surface area contributed by atoms with Gasteiger partial charge in [-0.2, -0.15) is 5.26 Å². The number of aryl methyl sites for hydroxylation is 2. The average Bonchev–Trinajstić information content (AvgIpc) is 3.41. The van der Waals surface area contributed by atoms with E-state index in [1.54, 1.807) is 5.56 Å². The van der Waals surface area contributed by atoms with Crippen molar-refractivity contribution in [1.82, 2.24) is 14.5 Å². The first-order valence-corrected chi connectivity index (χ1v) is 13.8. The van der Waals surface area contributed by atoms with E-state index < -0.39 is 0 Å². The summed E-state index contributed by atoms with van der Waals surface area (Å²) >= 11 is 0. The molecule has 4 saturated carbocycles. The van der Waals surface area contributed by atoms with Crippen LogP contribution in [0.15, 0.2) is 48.5 Å². The molecule has 2 aromatic heterocycles. The van der Waals surface area contributed by atoms with E-state index in [4.69, 9.17) is 0 Å². The Morgan fingerprint density at radius 1 is 0.973 bits per heavy atom. The van der Waals surface area contributed by atoms with Gasteiger partial charge in [0.15, 0.2) is 0 Å². The number of nitriles is 1. The lowest BCUT2D eigenvalue weighted by Crippen LogP contribution is -2.48. The van der Waals surface area contributed by atoms with E-state index in [0.29, 0.717) is 16.8 Å². The van der Waals surface area contributed by atoms with Crippen LogP contribution in [0.3, 0.4) is 0 Å². The van der Waals surface area contributed by atoms with E-state index in [2.05, 4.69) is 77.8 Å². The molecule has 4 fully saturated rings. The quantitative estimate of drug-likeness (QED) is 0.299. The van der Waals surface area contributed by atoms with Crippen LogP contribution in [0.4, 0.5) is 0 Å². The predicted octanol–water partition coefficient (Wildman–Crippen LogP) is 7.81. The van der Waals surface area contributed by atoms with Crippen molar-refractivity contribution in [2.24, 2.45) is 17.8 Å². The number of rotatable bonds is 4. The zero-order chi connectivity index (χ0) is 25.3. The summed E-state index contributed by atoms with van der Waals surface area (Å²) in [6, 6.07) is 20.1. The van der Waals surface area contributed by atoms with E-state index >= 15 is 0 Å². The molecule has 0 saturated heterocycles. The molecule has 0 amide bonds. The SMILES string of the molecule is Cc1ccc2nc(/C(C#N)=C\c3cc(C)n(-c4ccc(C56CC7CC(CC(C7)C5)C6)cc4)c3C)[nH]c2c1. The number of allylic oxidation sites excluding steroid dienone is 1. The largest absolute Gasteiger partial charge is 0.337 e. The minimum atomic E-state index is 0.425. The minimum Gasteiger partial charge on any atom is -0.337 e. The molecule has 2 aromatic carbocycles. The van der Waals surface area contributed by atoms with Crippen molar-refractivity contribution in [3.8, 4) is 11.8 Å². The molecule has 0 atom stereocenters. The molecule has 4 aliphatic carbocycles. The number of hydrogen-bond donors (Lipinski definition) is 1. The summed E-state index contributed by atoms with van der Waals surface area (Å²) in [5.41, 5.74) is 10.1. The predicted molar refractivity (Wildman–Crippen MR) is 149 cm³/mol. The highest BCUT2D eigenvalue weighted by Gasteiger charge is 2.51. The van der Waals surface area contributed by atoms with Gasteiger partial charge in [0.1, 0.15) is 11.9 Å². The second-order valence-corrected chi connectivity index (χ2v) is 12.2. The summed E-state index contributed by atoms with van der Waals surface area (Å²) in [5.74, 6) is 3.49. The summed E-state index contributed by atoms with van der Waals surface area (Å²) in [4.78, 5) is 8.00. The van der Waals surface area contributed by atoms with E-state index in [1.165, 1.54) is 55.5 Å². The van der Waals surface area contributed by atoms with Crippen molar-refractivity contribution < 1.29 is 0 Å². The van der Waals surface area contributed by atoms with Gasteiger partial charge in [0.25, 0.3) is 0 Å². The second-order valence-electron chi connectivity index (χ2n) is 12.2. The summed E-state index contributed by atoms with van der Waals surface area (Å²) in [6.45, 7) is 6.35. The third-order valence-corrected chi connectivity index (χ3v) is 9.56. The van der Waals surface area contributed by atoms with E-state index in [9.17, 15) is 5.26 Å². The molecule has 0 aliphatic heterocycles. The Morgan fingerprint density at radius 3 is 2.30 bits per heavy atom. The summed E-state index contributed by atoms with van der Waals surface area (Å²) in [7, 11) is 0. The van der Waals surface area contributed by atoms with Crippen LogP contribution >= 0.6 is 0 Å². The lowest BCUT2D eigenvalue weighted by atomic mass is 9.48. The van der Waals surface area contributed by atoms with Gasteiger partial charge in [0.05, 0.1) is 16.6 Å². The van der Waals surface area contributed by atoms with Crippen LogP contribution in [0.2, 0.25) is 0 Å². The Bertz CT molecular complexity index is 1550. The van der Waals surface area contributed by atoms with Gasteiger partial charge in [-0.05, 0) is 136 Å². The van der Waals surface area contributed by atoms with Crippen LogP contribution in [0.1, 0.15) is 72.4 Å². The number of H-pyrrole nitrogens is 1. The average molecular weight is 487 g/mol. The van der Waals surface area contributed by atoms with Crippen LogP contribution in [0.25, 0.3) is 28.4 Å². The van der Waals surface area contributed by atoms with Crippen molar-refractivity contribution in [3.05, 3.63) is 82.4 Å². The fraction of sp³-hybridized carbons (Fsp3) is 0.394. The van der Waals surface area contributed by atoms with E-state index in [0.717, 1.165) is 40.0 Å². The molecular formula is C33H34N4. The Hall–Kier alpha value is -3.58. The number of benzene rings is 2. The lowest BCUT2D eigenvalue weighted by molar-refractivity contribution is -0.00518. The van der Waals surface area contributed by atoms with Gasteiger partial charge in [0.2, 0.25) is 0 Å². The summed E-state index contributed by atoms with van der Waals surface area (Å²) in [6.07, 6.45) is 10.6. The van der Waals surface area contributed by atoms with Gasteiger partial charge in [-0.1, -0.05) is 18.2 Å². The Balaban J connectivity index is 1.21. The van der Waals surface area contributed by atoms with Crippen LogP contribution in [-0.2, 0) is 5.41 Å². The monoisotopic (exact) mass is 486 g/mol. The fourth-order valence-corrected chi connectivity index (χ4v) is 8.32. The first kappa shape index (κ1) is 22.6.